The molecule has 0 radical (unpaired) electrons. The number of nitrogens with one attached hydrogen (secondary N) is 2. The summed E-state index contributed by atoms with van der Waals surface area (Å²) in [7, 11) is -1.71. The number of aryl methyl sites for hydroxylation is 1. The fraction of sp³-hybridized carbons (Fsp3) is 0.182. The Balaban J connectivity index is 2.14. The van der Waals surface area contributed by atoms with Crippen molar-refractivity contribution in [3.8, 4) is 0 Å². The smallest absolute Gasteiger partial charge is 0.277 e. The number of amides is 1. The normalized spacial score (nSPS) is 11.1. The SMILES string of the molecule is Cn1cc(C(=O)Nc2cccc(NS(C)(=O)=O)c2)nn1. The van der Waals surface area contributed by atoms with Gasteiger partial charge in [-0.1, -0.05) is 11.3 Å². The Kier molecular flexibility index (Phi) is 3.70. The van der Waals surface area contributed by atoms with Crippen molar-refractivity contribution < 1.29 is 13.2 Å². The van der Waals surface area contributed by atoms with Gasteiger partial charge in [0, 0.05) is 12.7 Å². The molecule has 0 spiro atoms. The minimum atomic E-state index is -3.36. The molecular formula is C11H13N5O3S. The molecule has 1 heterocycles. The zero-order valence-corrected chi connectivity index (χ0v) is 11.7. The molecule has 0 aliphatic carbocycles. The molecule has 1 aromatic heterocycles. The molecule has 9 heteroatoms. The van der Waals surface area contributed by atoms with Crippen LogP contribution in [0.25, 0.3) is 0 Å². The van der Waals surface area contributed by atoms with E-state index in [1.807, 2.05) is 0 Å². The van der Waals surface area contributed by atoms with Crippen LogP contribution in [0.3, 0.4) is 0 Å². The second kappa shape index (κ2) is 5.29. The molecular weight excluding hydrogens is 282 g/mol. The van der Waals surface area contributed by atoms with E-state index in [0.29, 0.717) is 11.4 Å². The number of anilines is 2. The fourth-order valence-electron chi connectivity index (χ4n) is 1.52. The van der Waals surface area contributed by atoms with E-state index in [0.717, 1.165) is 6.26 Å². The number of aromatic nitrogens is 3. The average Bonchev–Trinajstić information content (AvgIpc) is 2.74. The van der Waals surface area contributed by atoms with Gasteiger partial charge in [-0.05, 0) is 18.2 Å². The van der Waals surface area contributed by atoms with E-state index in [9.17, 15) is 13.2 Å². The largest absolute Gasteiger partial charge is 0.320 e. The lowest BCUT2D eigenvalue weighted by Gasteiger charge is -2.07. The molecule has 1 amide bonds. The van der Waals surface area contributed by atoms with Gasteiger partial charge in [0.1, 0.15) is 0 Å². The van der Waals surface area contributed by atoms with Crippen molar-refractivity contribution in [3.05, 3.63) is 36.2 Å². The Labute approximate surface area is 115 Å². The number of carbonyl (C=O) groups is 1. The summed E-state index contributed by atoms with van der Waals surface area (Å²) >= 11 is 0. The summed E-state index contributed by atoms with van der Waals surface area (Å²) in [6.07, 6.45) is 2.53. The fourth-order valence-corrected chi connectivity index (χ4v) is 2.08. The van der Waals surface area contributed by atoms with Crippen molar-refractivity contribution in [2.75, 3.05) is 16.3 Å². The predicted molar refractivity (Wildman–Crippen MR) is 73.9 cm³/mol. The van der Waals surface area contributed by atoms with Gasteiger partial charge in [-0.15, -0.1) is 5.10 Å². The quantitative estimate of drug-likeness (QED) is 0.851. The molecule has 0 aliphatic heterocycles. The minimum absolute atomic E-state index is 0.175. The molecule has 0 saturated heterocycles. The first-order chi connectivity index (χ1) is 9.33. The Morgan fingerprint density at radius 2 is 2.00 bits per heavy atom. The van der Waals surface area contributed by atoms with Gasteiger partial charge in [-0.3, -0.25) is 14.2 Å². The number of nitrogens with zero attached hydrogens (tertiary/aromatic N) is 3. The first-order valence-corrected chi connectivity index (χ1v) is 7.48. The standard InChI is InChI=1S/C11H13N5O3S/c1-16-7-10(13-15-16)11(17)12-8-4-3-5-9(6-8)14-20(2,18)19/h3-7,14H,1-2H3,(H,12,17). The third-order valence-corrected chi connectivity index (χ3v) is 2.87. The van der Waals surface area contributed by atoms with Crippen LogP contribution in [-0.4, -0.2) is 35.6 Å². The first kappa shape index (κ1) is 14.0. The molecule has 106 valence electrons. The Morgan fingerprint density at radius 3 is 2.60 bits per heavy atom. The zero-order chi connectivity index (χ0) is 14.8. The molecule has 2 N–H and O–H groups in total. The van der Waals surface area contributed by atoms with Gasteiger partial charge in [0.25, 0.3) is 5.91 Å². The number of carbonyl (C=O) groups excluding carboxylic acids is 1. The van der Waals surface area contributed by atoms with E-state index >= 15 is 0 Å². The van der Waals surface area contributed by atoms with E-state index < -0.39 is 15.9 Å². The van der Waals surface area contributed by atoms with Gasteiger partial charge in [0.05, 0.1) is 18.1 Å². The maximum atomic E-state index is 11.9. The van der Waals surface area contributed by atoms with Crippen LogP contribution in [0.5, 0.6) is 0 Å². The first-order valence-electron chi connectivity index (χ1n) is 5.59. The summed E-state index contributed by atoms with van der Waals surface area (Å²) in [5, 5.41) is 9.95. The topological polar surface area (TPSA) is 106 Å². The second-order valence-electron chi connectivity index (χ2n) is 4.19. The summed E-state index contributed by atoms with van der Waals surface area (Å²) in [5.41, 5.74) is 0.993. The minimum Gasteiger partial charge on any atom is -0.320 e. The van der Waals surface area contributed by atoms with Crippen LogP contribution >= 0.6 is 0 Å². The van der Waals surface area contributed by atoms with Gasteiger partial charge in [-0.25, -0.2) is 8.42 Å². The summed E-state index contributed by atoms with van der Waals surface area (Å²) < 4.78 is 26.0. The lowest BCUT2D eigenvalue weighted by molar-refractivity contribution is 0.102. The van der Waals surface area contributed by atoms with Crippen molar-refractivity contribution >= 4 is 27.3 Å². The van der Waals surface area contributed by atoms with Crippen molar-refractivity contribution in [3.63, 3.8) is 0 Å². The number of sulfonamides is 1. The van der Waals surface area contributed by atoms with Crippen LogP contribution < -0.4 is 10.0 Å². The van der Waals surface area contributed by atoms with Crippen LogP contribution in [-0.2, 0) is 17.1 Å². The third kappa shape index (κ3) is 3.79. The van der Waals surface area contributed by atoms with Crippen molar-refractivity contribution in [1.82, 2.24) is 15.0 Å². The Morgan fingerprint density at radius 1 is 1.30 bits per heavy atom. The number of hydrogen-bond acceptors (Lipinski definition) is 5. The molecule has 0 atom stereocenters. The molecule has 0 fully saturated rings. The highest BCUT2D eigenvalue weighted by Crippen LogP contribution is 2.16. The van der Waals surface area contributed by atoms with Gasteiger partial charge in [-0.2, -0.15) is 0 Å². The molecule has 2 rings (SSSR count). The molecule has 8 nitrogen and oxygen atoms in total. The molecule has 0 unspecified atom stereocenters. The molecule has 0 aliphatic rings. The van der Waals surface area contributed by atoms with Crippen molar-refractivity contribution in [2.24, 2.45) is 7.05 Å². The van der Waals surface area contributed by atoms with Gasteiger partial charge in [0.2, 0.25) is 10.0 Å². The predicted octanol–water partition coefficient (Wildman–Crippen LogP) is 0.439. The average molecular weight is 295 g/mol. The Hall–Kier alpha value is -2.42. The third-order valence-electron chi connectivity index (χ3n) is 2.26. The molecule has 2 aromatic rings. The van der Waals surface area contributed by atoms with E-state index in [2.05, 4.69) is 20.4 Å². The summed E-state index contributed by atoms with van der Waals surface area (Å²) in [6, 6.07) is 6.36. The maximum absolute atomic E-state index is 11.9. The maximum Gasteiger partial charge on any atom is 0.277 e. The molecule has 0 saturated carbocycles. The van der Waals surface area contributed by atoms with Crippen LogP contribution in [0, 0.1) is 0 Å². The highest BCUT2D eigenvalue weighted by Gasteiger charge is 2.10. The van der Waals surface area contributed by atoms with Crippen LogP contribution in [0.2, 0.25) is 0 Å². The lowest BCUT2D eigenvalue weighted by Crippen LogP contribution is -2.13. The summed E-state index contributed by atoms with van der Waals surface area (Å²) in [4.78, 5) is 11.9. The van der Waals surface area contributed by atoms with Gasteiger partial charge in [0.15, 0.2) is 5.69 Å². The number of hydrogen-bond donors (Lipinski definition) is 2. The summed E-state index contributed by atoms with van der Waals surface area (Å²) in [5.74, 6) is -0.422. The van der Waals surface area contributed by atoms with E-state index in [1.54, 1.807) is 25.2 Å². The monoisotopic (exact) mass is 295 g/mol. The van der Waals surface area contributed by atoms with Gasteiger partial charge >= 0.3 is 0 Å². The van der Waals surface area contributed by atoms with Crippen LogP contribution in [0.15, 0.2) is 30.5 Å². The van der Waals surface area contributed by atoms with E-state index in [4.69, 9.17) is 0 Å². The van der Waals surface area contributed by atoms with Crippen molar-refractivity contribution in [1.29, 1.82) is 0 Å². The molecule has 0 bridgehead atoms. The van der Waals surface area contributed by atoms with E-state index in [1.165, 1.54) is 16.9 Å². The van der Waals surface area contributed by atoms with Crippen LogP contribution in [0.1, 0.15) is 10.5 Å². The van der Waals surface area contributed by atoms with Crippen molar-refractivity contribution in [2.45, 2.75) is 0 Å². The highest BCUT2D eigenvalue weighted by atomic mass is 32.2. The number of rotatable bonds is 4. The molecule has 1 aromatic carbocycles. The van der Waals surface area contributed by atoms with E-state index in [-0.39, 0.29) is 5.69 Å². The van der Waals surface area contributed by atoms with Gasteiger partial charge < -0.3 is 5.32 Å². The number of benzene rings is 1. The zero-order valence-electron chi connectivity index (χ0n) is 10.9. The lowest BCUT2D eigenvalue weighted by atomic mass is 10.3. The Bertz CT molecular complexity index is 738. The highest BCUT2D eigenvalue weighted by molar-refractivity contribution is 7.92. The van der Waals surface area contributed by atoms with Crippen LogP contribution in [0.4, 0.5) is 11.4 Å². The molecule has 20 heavy (non-hydrogen) atoms. The second-order valence-corrected chi connectivity index (χ2v) is 5.94. The summed E-state index contributed by atoms with van der Waals surface area (Å²) in [6.45, 7) is 0.